The Morgan fingerprint density at radius 2 is 2.13 bits per heavy atom. The summed E-state index contributed by atoms with van der Waals surface area (Å²) in [5.74, 6) is 6.70. The number of aromatic amines is 1. The van der Waals surface area contributed by atoms with E-state index in [2.05, 4.69) is 44.0 Å². The number of aromatic nitrogens is 2. The number of hydrogen-bond donors (Lipinski definition) is 2. The molecule has 0 aromatic carbocycles. The van der Waals surface area contributed by atoms with Crippen LogP contribution in [0.15, 0.2) is 23.9 Å². The summed E-state index contributed by atoms with van der Waals surface area (Å²) in [4.78, 5) is 34.8. The highest BCUT2D eigenvalue weighted by atomic mass is 16.5. The van der Waals surface area contributed by atoms with E-state index in [0.717, 1.165) is 42.8 Å². The average molecular weight is 411 g/mol. The van der Waals surface area contributed by atoms with E-state index in [9.17, 15) is 9.59 Å². The summed E-state index contributed by atoms with van der Waals surface area (Å²) >= 11 is 0. The summed E-state index contributed by atoms with van der Waals surface area (Å²) < 4.78 is 4.69. The van der Waals surface area contributed by atoms with Crippen molar-refractivity contribution in [3.8, 4) is 11.8 Å². The monoisotopic (exact) mass is 410 g/mol. The number of rotatable bonds is 5. The van der Waals surface area contributed by atoms with Crippen molar-refractivity contribution in [1.82, 2.24) is 20.2 Å². The van der Waals surface area contributed by atoms with Gasteiger partial charge in [-0.05, 0) is 44.1 Å². The van der Waals surface area contributed by atoms with Crippen LogP contribution in [0.5, 0.6) is 0 Å². The van der Waals surface area contributed by atoms with Gasteiger partial charge in [0.05, 0.1) is 25.0 Å². The van der Waals surface area contributed by atoms with Crippen molar-refractivity contribution < 1.29 is 14.3 Å². The van der Waals surface area contributed by atoms with E-state index in [1.54, 1.807) is 0 Å². The number of alkyl carbamates (subject to hydrolysis) is 1. The minimum atomic E-state index is -0.628. The Morgan fingerprint density at radius 1 is 1.33 bits per heavy atom. The zero-order valence-electron chi connectivity index (χ0n) is 18.1. The normalized spacial score (nSPS) is 19.5. The molecule has 0 radical (unpaired) electrons. The van der Waals surface area contributed by atoms with Gasteiger partial charge in [0.15, 0.2) is 0 Å². The number of hydrogen-bond acceptors (Lipinski definition) is 4. The quantitative estimate of drug-likeness (QED) is 0.727. The van der Waals surface area contributed by atoms with E-state index in [4.69, 9.17) is 0 Å². The van der Waals surface area contributed by atoms with Crippen LogP contribution in [0.2, 0.25) is 0 Å². The van der Waals surface area contributed by atoms with Gasteiger partial charge in [0.25, 0.3) is 0 Å². The molecule has 0 bridgehead atoms. The molecule has 1 aromatic rings. The molecular weight excluding hydrogens is 380 g/mol. The first-order chi connectivity index (χ1) is 14.4. The minimum Gasteiger partial charge on any atom is -0.453 e. The Labute approximate surface area is 178 Å². The second-order valence-corrected chi connectivity index (χ2v) is 7.99. The first kappa shape index (κ1) is 21.7. The molecule has 1 aromatic heterocycles. The van der Waals surface area contributed by atoms with Gasteiger partial charge in [-0.15, -0.1) is 5.92 Å². The molecule has 160 valence electrons. The molecule has 3 rings (SSSR count). The maximum atomic E-state index is 13.2. The van der Waals surface area contributed by atoms with Crippen molar-refractivity contribution in [3.05, 3.63) is 35.4 Å². The second-order valence-electron chi connectivity index (χ2n) is 7.99. The van der Waals surface area contributed by atoms with Crippen molar-refractivity contribution in [2.75, 3.05) is 13.7 Å². The molecule has 2 heterocycles. The SMILES string of the molecule is CC#CC1=CC=C(c2cnc(C3CCCN3C(=O)C(NC(=O)OC)C(C)C)[nH]2)CC1. The summed E-state index contributed by atoms with van der Waals surface area (Å²) in [6.07, 6.45) is 8.98. The lowest BCUT2D eigenvalue weighted by atomic mass is 9.97. The zero-order valence-corrected chi connectivity index (χ0v) is 18.1. The molecule has 1 aliphatic heterocycles. The van der Waals surface area contributed by atoms with Crippen LogP contribution in [-0.2, 0) is 9.53 Å². The van der Waals surface area contributed by atoms with Crippen LogP contribution in [0, 0.1) is 17.8 Å². The average Bonchev–Trinajstić information content (AvgIpc) is 3.41. The van der Waals surface area contributed by atoms with Crippen molar-refractivity contribution in [1.29, 1.82) is 0 Å². The molecule has 0 saturated carbocycles. The lowest BCUT2D eigenvalue weighted by Crippen LogP contribution is -2.51. The van der Waals surface area contributed by atoms with E-state index < -0.39 is 12.1 Å². The number of likely N-dealkylation sites (tertiary alicyclic amines) is 1. The smallest absolute Gasteiger partial charge is 0.407 e. The van der Waals surface area contributed by atoms with E-state index in [-0.39, 0.29) is 17.9 Å². The number of nitrogens with one attached hydrogen (secondary N) is 2. The third kappa shape index (κ3) is 4.76. The molecule has 2 N–H and O–H groups in total. The van der Waals surface area contributed by atoms with E-state index in [1.807, 2.05) is 31.9 Å². The highest BCUT2D eigenvalue weighted by Crippen LogP contribution is 2.33. The Hall–Kier alpha value is -3.01. The Kier molecular flexibility index (Phi) is 6.99. The Morgan fingerprint density at radius 3 is 2.77 bits per heavy atom. The van der Waals surface area contributed by atoms with Gasteiger partial charge in [-0.3, -0.25) is 4.79 Å². The van der Waals surface area contributed by atoms with Gasteiger partial charge >= 0.3 is 6.09 Å². The topological polar surface area (TPSA) is 87.3 Å². The summed E-state index contributed by atoms with van der Waals surface area (Å²) in [5, 5.41) is 2.68. The second kappa shape index (κ2) is 9.66. The van der Waals surface area contributed by atoms with Crippen LogP contribution < -0.4 is 5.32 Å². The number of carbonyl (C=O) groups excluding carboxylic acids is 2. The molecule has 2 amide bonds. The third-order valence-corrected chi connectivity index (χ3v) is 5.62. The molecule has 1 fully saturated rings. The third-order valence-electron chi connectivity index (χ3n) is 5.62. The molecular formula is C23H30N4O3. The maximum absolute atomic E-state index is 13.2. The minimum absolute atomic E-state index is 0.0513. The molecule has 0 spiro atoms. The van der Waals surface area contributed by atoms with Crippen LogP contribution in [0.4, 0.5) is 4.79 Å². The fraction of sp³-hybridized carbons (Fsp3) is 0.522. The summed E-state index contributed by atoms with van der Waals surface area (Å²) in [6, 6.07) is -0.745. The summed E-state index contributed by atoms with van der Waals surface area (Å²) in [6.45, 7) is 6.32. The van der Waals surface area contributed by atoms with Gasteiger partial charge in [-0.2, -0.15) is 0 Å². The van der Waals surface area contributed by atoms with Crippen LogP contribution in [0.1, 0.15) is 64.0 Å². The number of carbonyl (C=O) groups is 2. The fourth-order valence-corrected chi connectivity index (χ4v) is 3.99. The predicted molar refractivity (Wildman–Crippen MR) is 115 cm³/mol. The highest BCUT2D eigenvalue weighted by Gasteiger charge is 2.37. The lowest BCUT2D eigenvalue weighted by molar-refractivity contribution is -0.135. The van der Waals surface area contributed by atoms with Crippen molar-refractivity contribution >= 4 is 17.6 Å². The van der Waals surface area contributed by atoms with Gasteiger partial charge in [-0.1, -0.05) is 31.9 Å². The fourth-order valence-electron chi connectivity index (χ4n) is 3.99. The van der Waals surface area contributed by atoms with Gasteiger partial charge < -0.3 is 19.9 Å². The molecule has 1 saturated heterocycles. The van der Waals surface area contributed by atoms with Crippen LogP contribution in [0.3, 0.4) is 0 Å². The van der Waals surface area contributed by atoms with Crippen LogP contribution in [0.25, 0.3) is 5.57 Å². The Bertz CT molecular complexity index is 916. The largest absolute Gasteiger partial charge is 0.453 e. The van der Waals surface area contributed by atoms with Crippen molar-refractivity contribution in [2.24, 2.45) is 5.92 Å². The van der Waals surface area contributed by atoms with Crippen LogP contribution >= 0.6 is 0 Å². The standard InChI is InChI=1S/C23H30N4O3/c1-5-7-16-9-11-17(12-10-16)18-14-24-21(25-18)19-8-6-13-27(19)22(28)20(15(2)3)26-23(29)30-4/h9,11,14-15,19-20H,6,8,10,12-13H2,1-4H3,(H,24,25)(H,26,29). The number of allylic oxidation sites excluding steroid dienone is 4. The van der Waals surface area contributed by atoms with Gasteiger partial charge in [0, 0.05) is 12.1 Å². The number of imidazole rings is 1. The maximum Gasteiger partial charge on any atom is 0.407 e. The van der Waals surface area contributed by atoms with Crippen molar-refractivity contribution in [3.63, 3.8) is 0 Å². The molecule has 2 atom stereocenters. The molecule has 2 unspecified atom stereocenters. The Balaban J connectivity index is 1.77. The van der Waals surface area contributed by atoms with E-state index >= 15 is 0 Å². The number of methoxy groups -OCH3 is 1. The molecule has 7 nitrogen and oxygen atoms in total. The van der Waals surface area contributed by atoms with Crippen LogP contribution in [-0.4, -0.2) is 46.6 Å². The van der Waals surface area contributed by atoms with Gasteiger partial charge in [0.2, 0.25) is 5.91 Å². The first-order valence-electron chi connectivity index (χ1n) is 10.5. The molecule has 30 heavy (non-hydrogen) atoms. The van der Waals surface area contributed by atoms with E-state index in [0.29, 0.717) is 6.54 Å². The summed E-state index contributed by atoms with van der Waals surface area (Å²) in [7, 11) is 1.30. The number of H-pyrrole nitrogens is 1. The zero-order chi connectivity index (χ0) is 21.7. The van der Waals surface area contributed by atoms with Gasteiger partial charge in [0.1, 0.15) is 11.9 Å². The van der Waals surface area contributed by atoms with Gasteiger partial charge in [-0.25, -0.2) is 9.78 Å². The highest BCUT2D eigenvalue weighted by molar-refractivity contribution is 5.86. The summed E-state index contributed by atoms with van der Waals surface area (Å²) in [5.41, 5.74) is 3.32. The molecule has 7 heteroatoms. The van der Waals surface area contributed by atoms with Crippen molar-refractivity contribution in [2.45, 2.75) is 58.5 Å². The molecule has 2 aliphatic rings. The number of ether oxygens (including phenoxy) is 1. The predicted octanol–water partition coefficient (Wildman–Crippen LogP) is 3.58. The molecule has 1 aliphatic carbocycles. The first-order valence-corrected chi connectivity index (χ1v) is 10.5. The number of nitrogens with zero attached hydrogens (tertiary/aromatic N) is 2. The number of amides is 2. The lowest BCUT2D eigenvalue weighted by Gasteiger charge is -2.30. The van der Waals surface area contributed by atoms with E-state index in [1.165, 1.54) is 12.7 Å².